The Morgan fingerprint density at radius 2 is 1.81 bits per heavy atom. The van der Waals surface area contributed by atoms with Crippen molar-refractivity contribution < 1.29 is 14.3 Å². The van der Waals surface area contributed by atoms with Crippen LogP contribution in [0, 0.1) is 0 Å². The lowest BCUT2D eigenvalue weighted by Crippen LogP contribution is -2.51. The van der Waals surface area contributed by atoms with Crippen molar-refractivity contribution in [3.63, 3.8) is 0 Å². The molecule has 5 nitrogen and oxygen atoms in total. The molecule has 0 spiro atoms. The van der Waals surface area contributed by atoms with E-state index >= 15 is 0 Å². The summed E-state index contributed by atoms with van der Waals surface area (Å²) in [5.74, 6) is 0.609. The van der Waals surface area contributed by atoms with Crippen molar-refractivity contribution in [3.05, 3.63) is 59.1 Å². The molecule has 1 aliphatic rings. The monoisotopic (exact) mass is 410 g/mol. The molecule has 7 heteroatoms. The standard InChI is InChI=1S/C20H23ClN2O3.ClH/c1-25-20(10-12-22-13-11-20)19(24)23-16-6-8-17(9-7-16)26-14-15-4-2-3-5-18(15)21;/h2-9,22H,10-14H2,1H3,(H,23,24);1H. The van der Waals surface area contributed by atoms with E-state index in [1.54, 1.807) is 7.11 Å². The Hall–Kier alpha value is -1.79. The summed E-state index contributed by atoms with van der Waals surface area (Å²) in [5, 5.41) is 6.87. The second-order valence-electron chi connectivity index (χ2n) is 6.31. The van der Waals surface area contributed by atoms with E-state index in [0.717, 1.165) is 24.3 Å². The van der Waals surface area contributed by atoms with Crippen LogP contribution in [0.4, 0.5) is 5.69 Å². The van der Waals surface area contributed by atoms with Crippen LogP contribution in [-0.4, -0.2) is 31.7 Å². The second kappa shape index (κ2) is 9.95. The van der Waals surface area contributed by atoms with Crippen molar-refractivity contribution >= 4 is 35.6 Å². The quantitative estimate of drug-likeness (QED) is 0.753. The van der Waals surface area contributed by atoms with Crippen LogP contribution in [0.15, 0.2) is 48.5 Å². The zero-order valence-electron chi connectivity index (χ0n) is 15.2. The minimum absolute atomic E-state index is 0. The minimum Gasteiger partial charge on any atom is -0.489 e. The first kappa shape index (κ1) is 21.5. The highest BCUT2D eigenvalue weighted by molar-refractivity contribution is 6.31. The molecule has 2 aromatic carbocycles. The summed E-state index contributed by atoms with van der Waals surface area (Å²) in [5.41, 5.74) is 0.888. The number of carbonyl (C=O) groups excluding carboxylic acids is 1. The van der Waals surface area contributed by atoms with Crippen molar-refractivity contribution in [1.82, 2.24) is 5.32 Å². The van der Waals surface area contributed by atoms with Gasteiger partial charge in [0.2, 0.25) is 0 Å². The molecule has 146 valence electrons. The van der Waals surface area contributed by atoms with Gasteiger partial charge in [-0.25, -0.2) is 0 Å². The van der Waals surface area contributed by atoms with Crippen LogP contribution in [0.2, 0.25) is 5.02 Å². The Labute approximate surface area is 170 Å². The van der Waals surface area contributed by atoms with E-state index in [2.05, 4.69) is 10.6 Å². The number of hydrogen-bond donors (Lipinski definition) is 2. The molecule has 1 fully saturated rings. The lowest BCUT2D eigenvalue weighted by molar-refractivity contribution is -0.140. The Morgan fingerprint density at radius 3 is 2.44 bits per heavy atom. The summed E-state index contributed by atoms with van der Waals surface area (Å²) in [6.07, 6.45) is 1.32. The highest BCUT2D eigenvalue weighted by atomic mass is 35.5. The van der Waals surface area contributed by atoms with Crippen LogP contribution >= 0.6 is 24.0 Å². The summed E-state index contributed by atoms with van der Waals surface area (Å²) >= 11 is 6.13. The fourth-order valence-corrected chi connectivity index (χ4v) is 3.20. The second-order valence-corrected chi connectivity index (χ2v) is 6.71. The molecule has 2 N–H and O–H groups in total. The Morgan fingerprint density at radius 1 is 1.15 bits per heavy atom. The van der Waals surface area contributed by atoms with Crippen LogP contribution in [0.25, 0.3) is 0 Å². The van der Waals surface area contributed by atoms with Gasteiger partial charge in [-0.05, 0) is 56.3 Å². The summed E-state index contributed by atoms with van der Waals surface area (Å²) in [7, 11) is 1.59. The summed E-state index contributed by atoms with van der Waals surface area (Å²) in [6.45, 7) is 1.94. The van der Waals surface area contributed by atoms with Gasteiger partial charge in [0.25, 0.3) is 5.91 Å². The highest BCUT2D eigenvalue weighted by Gasteiger charge is 2.39. The summed E-state index contributed by atoms with van der Waals surface area (Å²) in [6, 6.07) is 14.9. The number of benzene rings is 2. The molecule has 0 bridgehead atoms. The van der Waals surface area contributed by atoms with Crippen molar-refractivity contribution in [2.24, 2.45) is 0 Å². The van der Waals surface area contributed by atoms with Gasteiger partial charge in [0.15, 0.2) is 0 Å². The third kappa shape index (κ3) is 5.36. The molecule has 0 saturated carbocycles. The number of anilines is 1. The topological polar surface area (TPSA) is 59.6 Å². The Bertz CT molecular complexity index is 747. The van der Waals surface area contributed by atoms with Gasteiger partial charge >= 0.3 is 0 Å². The van der Waals surface area contributed by atoms with Gasteiger partial charge in [0.05, 0.1) is 0 Å². The minimum atomic E-state index is -0.759. The number of amides is 1. The molecule has 3 rings (SSSR count). The van der Waals surface area contributed by atoms with Gasteiger partial charge in [-0.1, -0.05) is 29.8 Å². The van der Waals surface area contributed by atoms with Crippen LogP contribution < -0.4 is 15.4 Å². The van der Waals surface area contributed by atoms with E-state index in [4.69, 9.17) is 21.1 Å². The fourth-order valence-electron chi connectivity index (χ4n) is 3.01. The Kier molecular flexibility index (Phi) is 7.92. The first-order valence-corrected chi connectivity index (χ1v) is 9.04. The average molecular weight is 411 g/mol. The highest BCUT2D eigenvalue weighted by Crippen LogP contribution is 2.25. The predicted octanol–water partition coefficient (Wildman–Crippen LogP) is 4.05. The number of piperidine rings is 1. The molecule has 2 aromatic rings. The maximum Gasteiger partial charge on any atom is 0.256 e. The van der Waals surface area contributed by atoms with Crippen LogP contribution in [0.3, 0.4) is 0 Å². The molecule has 1 aliphatic heterocycles. The zero-order valence-corrected chi connectivity index (χ0v) is 16.7. The smallest absolute Gasteiger partial charge is 0.256 e. The third-order valence-corrected chi connectivity index (χ3v) is 5.05. The van der Waals surface area contributed by atoms with Gasteiger partial charge in [-0.2, -0.15) is 0 Å². The molecule has 1 amide bonds. The number of carbonyl (C=O) groups is 1. The molecular formula is C20H24Cl2N2O3. The largest absolute Gasteiger partial charge is 0.489 e. The third-order valence-electron chi connectivity index (χ3n) is 4.68. The van der Waals surface area contributed by atoms with Crippen LogP contribution in [0.5, 0.6) is 5.75 Å². The summed E-state index contributed by atoms with van der Waals surface area (Å²) in [4.78, 5) is 12.6. The maximum absolute atomic E-state index is 12.6. The average Bonchev–Trinajstić information content (AvgIpc) is 2.69. The van der Waals surface area contributed by atoms with Crippen LogP contribution in [-0.2, 0) is 16.1 Å². The molecule has 0 aliphatic carbocycles. The zero-order chi connectivity index (χ0) is 18.4. The molecule has 1 heterocycles. The number of hydrogen-bond acceptors (Lipinski definition) is 4. The molecule has 0 atom stereocenters. The Balaban J connectivity index is 0.00000261. The maximum atomic E-state index is 12.6. The van der Waals surface area contributed by atoms with E-state index in [1.807, 2.05) is 48.5 Å². The number of ether oxygens (including phenoxy) is 2. The van der Waals surface area contributed by atoms with Crippen molar-refractivity contribution in [2.45, 2.75) is 25.0 Å². The molecule has 0 aromatic heterocycles. The van der Waals surface area contributed by atoms with Crippen LogP contribution in [0.1, 0.15) is 18.4 Å². The van der Waals surface area contributed by atoms with Gasteiger partial charge in [-0.15, -0.1) is 12.4 Å². The number of nitrogens with one attached hydrogen (secondary N) is 2. The van der Waals surface area contributed by atoms with E-state index in [1.165, 1.54) is 0 Å². The summed E-state index contributed by atoms with van der Waals surface area (Å²) < 4.78 is 11.3. The van der Waals surface area contributed by atoms with Gasteiger partial charge in [0.1, 0.15) is 18.0 Å². The molecule has 0 unspecified atom stereocenters. The number of rotatable bonds is 6. The SMILES string of the molecule is COC1(C(=O)Nc2ccc(OCc3ccccc3Cl)cc2)CCNCC1.Cl. The lowest BCUT2D eigenvalue weighted by Gasteiger charge is -2.34. The first-order valence-electron chi connectivity index (χ1n) is 8.66. The van der Waals surface area contributed by atoms with Crippen molar-refractivity contribution in [3.8, 4) is 5.75 Å². The first-order chi connectivity index (χ1) is 12.6. The van der Waals surface area contributed by atoms with E-state index in [-0.39, 0.29) is 18.3 Å². The fraction of sp³-hybridized carbons (Fsp3) is 0.350. The number of halogens is 2. The van der Waals surface area contributed by atoms with Gasteiger partial charge in [-0.3, -0.25) is 4.79 Å². The molecular weight excluding hydrogens is 387 g/mol. The normalized spacial score (nSPS) is 15.5. The molecule has 0 radical (unpaired) electrons. The molecule has 27 heavy (non-hydrogen) atoms. The van der Waals surface area contributed by atoms with Crippen molar-refractivity contribution in [1.29, 1.82) is 0 Å². The van der Waals surface area contributed by atoms with E-state index in [0.29, 0.717) is 30.2 Å². The molecule has 1 saturated heterocycles. The van der Waals surface area contributed by atoms with Gasteiger partial charge in [0, 0.05) is 23.4 Å². The van der Waals surface area contributed by atoms with E-state index < -0.39 is 5.60 Å². The van der Waals surface area contributed by atoms with E-state index in [9.17, 15) is 4.79 Å². The number of methoxy groups -OCH3 is 1. The lowest BCUT2D eigenvalue weighted by atomic mass is 9.91. The van der Waals surface area contributed by atoms with Crippen molar-refractivity contribution in [2.75, 3.05) is 25.5 Å². The predicted molar refractivity (Wildman–Crippen MR) is 110 cm³/mol. The van der Waals surface area contributed by atoms with Gasteiger partial charge < -0.3 is 20.1 Å².